The molecule has 12 heteroatoms. The minimum absolute atomic E-state index is 0.199. The van der Waals surface area contributed by atoms with Crippen LogP contribution in [0.25, 0.3) is 22.0 Å². The third kappa shape index (κ3) is 6.13. The Bertz CT molecular complexity index is 1770. The van der Waals surface area contributed by atoms with Crippen LogP contribution in [0.1, 0.15) is 11.6 Å². The molecular weight excluding hydrogens is 619 g/mol. The molecule has 1 atom stereocenters. The van der Waals surface area contributed by atoms with Crippen molar-refractivity contribution in [2.24, 2.45) is 4.40 Å². The van der Waals surface area contributed by atoms with Gasteiger partial charge in [-0.2, -0.15) is 13.0 Å². The molecule has 41 heavy (non-hydrogen) atoms. The zero-order valence-corrected chi connectivity index (χ0v) is 24.8. The summed E-state index contributed by atoms with van der Waals surface area (Å²) < 4.78 is 61.7. The number of aryl methyl sites for hydroxylation is 1. The summed E-state index contributed by atoms with van der Waals surface area (Å²) in [5.74, 6) is -2.19. The molecule has 0 radical (unpaired) electrons. The minimum atomic E-state index is -4.49. The number of hydrogen-bond acceptors (Lipinski definition) is 7. The molecule has 0 saturated carbocycles. The van der Waals surface area contributed by atoms with Crippen molar-refractivity contribution in [3.63, 3.8) is 0 Å². The highest BCUT2D eigenvalue weighted by Crippen LogP contribution is 2.34. The smallest absolute Gasteiger partial charge is 0.382 e. The largest absolute Gasteiger partial charge is 0.497 e. The molecule has 9 nitrogen and oxygen atoms in total. The minimum Gasteiger partial charge on any atom is -0.497 e. The van der Waals surface area contributed by atoms with Crippen LogP contribution in [0.15, 0.2) is 86.7 Å². The van der Waals surface area contributed by atoms with Gasteiger partial charge in [0.05, 0.1) is 30.7 Å². The van der Waals surface area contributed by atoms with Crippen LogP contribution in [0.4, 0.5) is 4.39 Å². The molecular formula is C29H25BrFN2O7S+. The van der Waals surface area contributed by atoms with Gasteiger partial charge in [0, 0.05) is 16.3 Å². The van der Waals surface area contributed by atoms with Gasteiger partial charge in [-0.1, -0.05) is 17.7 Å². The second-order valence-electron chi connectivity index (χ2n) is 8.84. The number of hydrogen-bond donors (Lipinski definition) is 0. The fourth-order valence-corrected chi connectivity index (χ4v) is 6.00. The summed E-state index contributed by atoms with van der Waals surface area (Å²) in [6, 6.07) is 14.9. The Morgan fingerprint density at radius 2 is 1.61 bits per heavy atom. The molecule has 0 aliphatic rings. The van der Waals surface area contributed by atoms with Crippen molar-refractivity contribution in [1.29, 1.82) is 0 Å². The second-order valence-corrected chi connectivity index (χ2v) is 11.2. The first-order chi connectivity index (χ1) is 19.5. The number of benzene rings is 3. The summed E-state index contributed by atoms with van der Waals surface area (Å²) >= 11 is 3.58. The lowest BCUT2D eigenvalue weighted by Crippen LogP contribution is -2.53. The Labute approximate surface area is 244 Å². The van der Waals surface area contributed by atoms with Crippen LogP contribution in [0.2, 0.25) is 0 Å². The maximum atomic E-state index is 14.3. The van der Waals surface area contributed by atoms with Gasteiger partial charge in [0.1, 0.15) is 11.6 Å². The van der Waals surface area contributed by atoms with Crippen LogP contribution in [-0.2, 0) is 29.1 Å². The number of methoxy groups -OCH3 is 3. The zero-order valence-electron chi connectivity index (χ0n) is 22.4. The summed E-state index contributed by atoms with van der Waals surface area (Å²) in [7, 11) is -0.865. The summed E-state index contributed by atoms with van der Waals surface area (Å²) in [5, 5.41) is 0.926. The van der Waals surface area contributed by atoms with Crippen LogP contribution >= 0.6 is 15.9 Å². The predicted molar refractivity (Wildman–Crippen MR) is 153 cm³/mol. The van der Waals surface area contributed by atoms with Crippen LogP contribution < -0.4 is 9.30 Å². The van der Waals surface area contributed by atoms with E-state index in [9.17, 15) is 22.4 Å². The van der Waals surface area contributed by atoms with E-state index in [1.54, 1.807) is 49.4 Å². The molecule has 1 unspecified atom stereocenters. The molecule has 3 aromatic carbocycles. The Balaban J connectivity index is 2.09. The highest BCUT2D eigenvalue weighted by atomic mass is 79.9. The lowest BCUT2D eigenvalue weighted by Gasteiger charge is -2.17. The zero-order chi connectivity index (χ0) is 29.9. The molecule has 0 N–H and O–H groups in total. The van der Waals surface area contributed by atoms with Gasteiger partial charge in [0.25, 0.3) is 10.0 Å². The van der Waals surface area contributed by atoms with Gasteiger partial charge in [-0.15, -0.1) is 4.40 Å². The number of pyridine rings is 1. The molecule has 1 heterocycles. The van der Waals surface area contributed by atoms with E-state index >= 15 is 0 Å². The fraction of sp³-hybridized carbons (Fsp3) is 0.172. The van der Waals surface area contributed by atoms with Crippen molar-refractivity contribution < 1.29 is 41.2 Å². The quantitative estimate of drug-likeness (QED) is 0.155. The third-order valence-electron chi connectivity index (χ3n) is 6.25. The van der Waals surface area contributed by atoms with E-state index in [0.717, 1.165) is 19.8 Å². The molecule has 0 bridgehead atoms. The molecule has 4 rings (SSSR count). The number of fused-ring (bicyclic) bond motifs is 1. The summed E-state index contributed by atoms with van der Waals surface area (Å²) in [4.78, 5) is 26.3. The van der Waals surface area contributed by atoms with E-state index in [2.05, 4.69) is 20.3 Å². The highest BCUT2D eigenvalue weighted by molar-refractivity contribution is 9.10. The molecule has 212 valence electrons. The van der Waals surface area contributed by atoms with Crippen molar-refractivity contribution in [2.45, 2.75) is 17.9 Å². The third-order valence-corrected chi connectivity index (χ3v) is 8.36. The number of ether oxygens (including phenoxy) is 3. The molecule has 4 aromatic rings. The molecule has 0 aliphatic carbocycles. The molecule has 1 aromatic heterocycles. The summed E-state index contributed by atoms with van der Waals surface area (Å²) in [6.45, 7) is 1.78. The normalized spacial score (nSPS) is 12.6. The van der Waals surface area contributed by atoms with Crippen molar-refractivity contribution >= 4 is 54.4 Å². The van der Waals surface area contributed by atoms with Crippen LogP contribution in [0.5, 0.6) is 5.75 Å². The maximum absolute atomic E-state index is 14.3. The number of carbonyl (C=O) groups excluding carboxylic acids is 2. The summed E-state index contributed by atoms with van der Waals surface area (Å²) in [6.07, 6.45) is 1.42. The topological polar surface area (TPSA) is 112 Å². The number of halogens is 2. The van der Waals surface area contributed by atoms with Gasteiger partial charge < -0.3 is 14.2 Å². The maximum Gasteiger partial charge on any atom is 0.382 e. The average molecular weight is 644 g/mol. The lowest BCUT2D eigenvalue weighted by molar-refractivity contribution is -0.683. The van der Waals surface area contributed by atoms with Gasteiger partial charge in [0.15, 0.2) is 6.20 Å². The molecule has 0 spiro atoms. The van der Waals surface area contributed by atoms with Gasteiger partial charge in [-0.05, 0) is 77.5 Å². The lowest BCUT2D eigenvalue weighted by atomic mass is 10.0. The van der Waals surface area contributed by atoms with Gasteiger partial charge in [-0.25, -0.2) is 14.0 Å². The van der Waals surface area contributed by atoms with Gasteiger partial charge in [-0.3, -0.25) is 0 Å². The number of aromatic nitrogens is 1. The van der Waals surface area contributed by atoms with E-state index in [1.807, 2.05) is 0 Å². The van der Waals surface area contributed by atoms with E-state index < -0.39 is 39.5 Å². The Morgan fingerprint density at radius 3 is 2.20 bits per heavy atom. The standard InChI is InChI=1S/C29H25BrFN2O7S/c1-17-5-12-22(13-6-17)41(36,37)32-25(28(34)39-3)27(29(35)40-4)33-16-19-15-20(31)9-14-23(19)24(30)26(33)18-7-10-21(38-2)11-8-18/h5-16,27H,1-4H3/q+1/b32-25-. The molecule has 0 aliphatic heterocycles. The molecule has 0 saturated heterocycles. The number of esters is 2. The molecule has 0 fully saturated rings. The number of rotatable bonds is 8. The van der Waals surface area contributed by atoms with E-state index in [0.29, 0.717) is 32.3 Å². The Hall–Kier alpha value is -4.16. The van der Waals surface area contributed by atoms with Crippen molar-refractivity contribution in [1.82, 2.24) is 0 Å². The first kappa shape index (κ1) is 29.8. The van der Waals surface area contributed by atoms with E-state index in [1.165, 1.54) is 42.1 Å². The number of nitrogens with zero attached hydrogens (tertiary/aromatic N) is 2. The predicted octanol–water partition coefficient (Wildman–Crippen LogP) is 4.73. The number of carbonyl (C=O) groups is 2. The monoisotopic (exact) mass is 643 g/mol. The van der Waals surface area contributed by atoms with Crippen LogP contribution in [0, 0.1) is 12.7 Å². The fourth-order valence-electron chi connectivity index (χ4n) is 4.19. The Kier molecular flexibility index (Phi) is 8.83. The van der Waals surface area contributed by atoms with Crippen molar-refractivity contribution in [2.75, 3.05) is 21.3 Å². The summed E-state index contributed by atoms with van der Waals surface area (Å²) in [5.41, 5.74) is 0.929. The first-order valence-electron chi connectivity index (χ1n) is 12.1. The van der Waals surface area contributed by atoms with Gasteiger partial charge >= 0.3 is 18.0 Å². The van der Waals surface area contributed by atoms with Gasteiger partial charge in [0.2, 0.25) is 11.4 Å². The van der Waals surface area contributed by atoms with Crippen LogP contribution in [-0.4, -0.2) is 47.4 Å². The van der Waals surface area contributed by atoms with E-state index in [4.69, 9.17) is 14.2 Å². The second kappa shape index (κ2) is 12.1. The first-order valence-corrected chi connectivity index (χ1v) is 14.3. The SMILES string of the molecule is COC(=O)/C(=N\S(=O)(=O)c1ccc(C)cc1)C(C(=O)OC)[n+]1cc2cc(F)ccc2c(Br)c1-c1ccc(OC)cc1. The van der Waals surface area contributed by atoms with Crippen molar-refractivity contribution in [3.8, 4) is 17.0 Å². The van der Waals surface area contributed by atoms with Crippen LogP contribution in [0.3, 0.4) is 0 Å². The number of sulfonamides is 1. The highest BCUT2D eigenvalue weighted by Gasteiger charge is 2.44. The van der Waals surface area contributed by atoms with E-state index in [-0.39, 0.29) is 4.90 Å². The molecule has 0 amide bonds. The average Bonchev–Trinajstić information content (AvgIpc) is 2.96. The Morgan fingerprint density at radius 1 is 0.951 bits per heavy atom. The van der Waals surface area contributed by atoms with Crippen molar-refractivity contribution in [3.05, 3.63) is 88.8 Å².